The van der Waals surface area contributed by atoms with E-state index in [1.54, 1.807) is 12.1 Å². The fraction of sp³-hybridized carbons (Fsp3) is 0.172. The lowest BCUT2D eigenvalue weighted by Gasteiger charge is -2.20. The zero-order valence-electron chi connectivity index (χ0n) is 19.0. The lowest BCUT2D eigenvalue weighted by molar-refractivity contribution is 0.183. The molecule has 0 saturated carbocycles. The molecule has 174 valence electrons. The summed E-state index contributed by atoms with van der Waals surface area (Å²) in [4.78, 5) is 0. The lowest BCUT2D eigenvalue weighted by atomic mass is 10.1. The molecule has 0 saturated heterocycles. The van der Waals surface area contributed by atoms with Crippen molar-refractivity contribution in [2.75, 3.05) is 6.54 Å². The van der Waals surface area contributed by atoms with Crippen molar-refractivity contribution in [1.82, 2.24) is 0 Å². The minimum absolute atomic E-state index is 0.0838. The van der Waals surface area contributed by atoms with Crippen LogP contribution in [0.1, 0.15) is 28.4 Å². The highest BCUT2D eigenvalue weighted by molar-refractivity contribution is 5.54. The van der Waals surface area contributed by atoms with Crippen LogP contribution in [0.4, 0.5) is 0 Å². The van der Waals surface area contributed by atoms with Crippen LogP contribution in [0.2, 0.25) is 0 Å². The van der Waals surface area contributed by atoms with Gasteiger partial charge in [-0.1, -0.05) is 91.0 Å². The van der Waals surface area contributed by atoms with Gasteiger partial charge in [-0.05, 0) is 34.4 Å². The highest BCUT2D eigenvalue weighted by Gasteiger charge is 2.19. The van der Waals surface area contributed by atoms with E-state index in [-0.39, 0.29) is 6.54 Å². The summed E-state index contributed by atoms with van der Waals surface area (Å²) in [5.41, 5.74) is 9.42. The molecule has 0 fully saturated rings. The van der Waals surface area contributed by atoms with Gasteiger partial charge < -0.3 is 25.1 Å². The molecule has 0 aliphatic carbocycles. The quantitative estimate of drug-likeness (QED) is 0.316. The van der Waals surface area contributed by atoms with Crippen LogP contribution in [0.15, 0.2) is 103 Å². The molecular weight excluding hydrogens is 426 g/mol. The zero-order valence-corrected chi connectivity index (χ0v) is 19.0. The van der Waals surface area contributed by atoms with Gasteiger partial charge in [-0.25, -0.2) is 0 Å². The highest BCUT2D eigenvalue weighted by atomic mass is 16.5. The summed E-state index contributed by atoms with van der Waals surface area (Å²) >= 11 is 0. The number of hydrogen-bond acceptors (Lipinski definition) is 5. The molecule has 4 aromatic carbocycles. The van der Waals surface area contributed by atoms with Crippen LogP contribution in [0.25, 0.3) is 0 Å². The maximum Gasteiger partial charge on any atom is 0.203 e. The molecule has 0 radical (unpaired) electrons. The van der Waals surface area contributed by atoms with Crippen molar-refractivity contribution >= 4 is 0 Å². The second kappa shape index (κ2) is 11.9. The normalized spacial score (nSPS) is 11.6. The Labute approximate surface area is 200 Å². The van der Waals surface area contributed by atoms with Crippen molar-refractivity contribution in [1.29, 1.82) is 0 Å². The van der Waals surface area contributed by atoms with E-state index in [1.165, 1.54) is 0 Å². The van der Waals surface area contributed by atoms with Crippen molar-refractivity contribution in [3.8, 4) is 17.2 Å². The molecule has 5 nitrogen and oxygen atoms in total. The first kappa shape index (κ1) is 23.4. The molecule has 1 atom stereocenters. The number of aliphatic hydroxyl groups is 1. The molecule has 4 rings (SSSR count). The van der Waals surface area contributed by atoms with Crippen LogP contribution in [-0.2, 0) is 19.8 Å². The Balaban J connectivity index is 1.66. The maximum atomic E-state index is 10.5. The molecular formula is C29H29NO4. The van der Waals surface area contributed by atoms with E-state index in [2.05, 4.69) is 0 Å². The predicted octanol–water partition coefficient (Wildman–Crippen LogP) is 5.42. The summed E-state index contributed by atoms with van der Waals surface area (Å²) in [7, 11) is 0. The van der Waals surface area contributed by atoms with Gasteiger partial charge in [0.25, 0.3) is 0 Å². The minimum Gasteiger partial charge on any atom is -0.485 e. The van der Waals surface area contributed by atoms with E-state index >= 15 is 0 Å². The van der Waals surface area contributed by atoms with Crippen molar-refractivity contribution in [3.05, 3.63) is 125 Å². The first-order valence-electron chi connectivity index (χ1n) is 11.3. The van der Waals surface area contributed by atoms with E-state index in [9.17, 15) is 5.11 Å². The molecule has 0 bridgehead atoms. The van der Waals surface area contributed by atoms with Crippen LogP contribution in [0.5, 0.6) is 17.2 Å². The van der Waals surface area contributed by atoms with Gasteiger partial charge in [-0.15, -0.1) is 0 Å². The molecule has 3 N–H and O–H groups in total. The van der Waals surface area contributed by atoms with Gasteiger partial charge >= 0.3 is 0 Å². The molecule has 5 heteroatoms. The third-order valence-corrected chi connectivity index (χ3v) is 5.35. The van der Waals surface area contributed by atoms with Gasteiger partial charge in [0, 0.05) is 6.54 Å². The monoisotopic (exact) mass is 455 g/mol. The fourth-order valence-corrected chi connectivity index (χ4v) is 3.48. The molecule has 34 heavy (non-hydrogen) atoms. The first-order valence-corrected chi connectivity index (χ1v) is 11.3. The highest BCUT2D eigenvalue weighted by Crippen LogP contribution is 2.41. The topological polar surface area (TPSA) is 73.9 Å². The maximum absolute atomic E-state index is 10.5. The molecule has 0 aromatic heterocycles. The van der Waals surface area contributed by atoms with Crippen molar-refractivity contribution in [3.63, 3.8) is 0 Å². The van der Waals surface area contributed by atoms with E-state index in [0.29, 0.717) is 42.6 Å². The van der Waals surface area contributed by atoms with Crippen LogP contribution >= 0.6 is 0 Å². The Morgan fingerprint density at radius 1 is 0.588 bits per heavy atom. The zero-order chi connectivity index (χ0) is 23.6. The summed E-state index contributed by atoms with van der Waals surface area (Å²) in [6, 6.07) is 33.2. The Bertz CT molecular complexity index is 1090. The van der Waals surface area contributed by atoms with Crippen molar-refractivity contribution in [2.24, 2.45) is 5.73 Å². The Kier molecular flexibility index (Phi) is 8.17. The van der Waals surface area contributed by atoms with Gasteiger partial charge in [0.05, 0.1) is 6.10 Å². The first-order chi connectivity index (χ1) is 16.7. The predicted molar refractivity (Wildman–Crippen MR) is 133 cm³/mol. The van der Waals surface area contributed by atoms with E-state index in [0.717, 1.165) is 16.7 Å². The van der Waals surface area contributed by atoms with Crippen LogP contribution in [0, 0.1) is 0 Å². The SMILES string of the molecule is NC[C@H](O)c1cc(OCc2ccccc2)c(OCc2ccccc2)c(OCc2ccccc2)c1. The third kappa shape index (κ3) is 6.38. The second-order valence-corrected chi connectivity index (χ2v) is 7.92. The minimum atomic E-state index is -0.846. The lowest BCUT2D eigenvalue weighted by Crippen LogP contribution is -2.12. The van der Waals surface area contributed by atoms with E-state index in [4.69, 9.17) is 19.9 Å². The van der Waals surface area contributed by atoms with Crippen LogP contribution < -0.4 is 19.9 Å². The van der Waals surface area contributed by atoms with Crippen molar-refractivity contribution < 1.29 is 19.3 Å². The summed E-state index contributed by atoms with van der Waals surface area (Å²) in [5, 5.41) is 10.5. The Morgan fingerprint density at radius 3 is 1.35 bits per heavy atom. The molecule has 0 aliphatic rings. The van der Waals surface area contributed by atoms with E-state index < -0.39 is 6.10 Å². The number of nitrogens with two attached hydrogens (primary N) is 1. The molecule has 0 spiro atoms. The molecule has 0 unspecified atom stereocenters. The Hall–Kier alpha value is -3.80. The second-order valence-electron chi connectivity index (χ2n) is 7.92. The van der Waals surface area contributed by atoms with Crippen LogP contribution in [-0.4, -0.2) is 11.7 Å². The van der Waals surface area contributed by atoms with Crippen molar-refractivity contribution in [2.45, 2.75) is 25.9 Å². The summed E-state index contributed by atoms with van der Waals surface area (Å²) in [6.07, 6.45) is -0.846. The Morgan fingerprint density at radius 2 is 0.971 bits per heavy atom. The summed E-state index contributed by atoms with van der Waals surface area (Å²) in [5.74, 6) is 1.48. The van der Waals surface area contributed by atoms with Gasteiger partial charge in [0.1, 0.15) is 19.8 Å². The number of benzene rings is 4. The number of ether oxygens (including phenoxy) is 3. The number of aliphatic hydroxyl groups excluding tert-OH is 1. The third-order valence-electron chi connectivity index (χ3n) is 5.35. The molecule has 0 amide bonds. The number of hydrogen-bond donors (Lipinski definition) is 2. The average molecular weight is 456 g/mol. The van der Waals surface area contributed by atoms with Gasteiger partial charge in [-0.3, -0.25) is 0 Å². The van der Waals surface area contributed by atoms with Gasteiger partial charge in [0.15, 0.2) is 11.5 Å². The molecule has 0 aliphatic heterocycles. The number of rotatable bonds is 11. The smallest absolute Gasteiger partial charge is 0.203 e. The fourth-order valence-electron chi connectivity index (χ4n) is 3.48. The van der Waals surface area contributed by atoms with E-state index in [1.807, 2.05) is 91.0 Å². The molecule has 4 aromatic rings. The average Bonchev–Trinajstić information content (AvgIpc) is 2.91. The van der Waals surface area contributed by atoms with Gasteiger partial charge in [-0.2, -0.15) is 0 Å². The summed E-state index contributed by atoms with van der Waals surface area (Å²) in [6.45, 7) is 1.13. The largest absolute Gasteiger partial charge is 0.485 e. The van der Waals surface area contributed by atoms with Gasteiger partial charge in [0.2, 0.25) is 5.75 Å². The summed E-state index contributed by atoms with van der Waals surface area (Å²) < 4.78 is 18.6. The standard InChI is InChI=1S/C29H29NO4/c30-18-26(31)25-16-27(32-19-22-10-4-1-5-11-22)29(34-21-24-14-8-3-9-15-24)28(17-25)33-20-23-12-6-2-7-13-23/h1-17,26,31H,18-21,30H2/t26-/m0/s1. The molecule has 0 heterocycles. The van der Waals surface area contributed by atoms with Crippen LogP contribution in [0.3, 0.4) is 0 Å².